The van der Waals surface area contributed by atoms with Gasteiger partial charge in [-0.25, -0.2) is 15.0 Å². The van der Waals surface area contributed by atoms with Crippen LogP contribution in [0, 0.1) is 0 Å². The van der Waals surface area contributed by atoms with Crippen LogP contribution in [-0.4, -0.2) is 38.6 Å². The average molecular weight is 1090 g/mol. The first-order valence-electron chi connectivity index (χ1n) is 28.2. The van der Waals surface area contributed by atoms with E-state index in [9.17, 15) is 0 Å². The zero-order chi connectivity index (χ0) is 55.0. The maximum Gasteiger partial charge on any atom is 0.238 e. The molecule has 0 aliphatic carbocycles. The number of rotatable bonds is 7. The fraction of sp³-hybridized carbons (Fsp3) is 0. The summed E-state index contributed by atoms with van der Waals surface area (Å²) in [7, 11) is 0. The molecule has 12 aromatic carbocycles. The van der Waals surface area contributed by atoms with Crippen LogP contribution in [0.15, 0.2) is 267 Å². The van der Waals surface area contributed by atoms with Gasteiger partial charge in [0.1, 0.15) is 0 Å². The smallest absolute Gasteiger partial charge is 0.238 e. The Hall–Kier alpha value is -11.1. The van der Waals surface area contributed by atoms with Gasteiger partial charge in [0.25, 0.3) is 0 Å². The summed E-state index contributed by atoms with van der Waals surface area (Å²) in [4.78, 5) is 26.9. The maximum absolute atomic E-state index is 5.45. The van der Waals surface area contributed by atoms with E-state index in [-0.39, 0.29) is 0 Å². The van der Waals surface area contributed by atoms with Crippen LogP contribution < -0.4 is 0 Å². The van der Waals surface area contributed by atoms with Crippen LogP contribution in [0.25, 0.3) is 170 Å². The molecule has 8 nitrogen and oxygen atoms in total. The molecule has 390 valence electrons. The van der Waals surface area contributed by atoms with Crippen LogP contribution in [0.2, 0.25) is 0 Å². The molecule has 18 rings (SSSR count). The monoisotopic (exact) mass is 1090 g/mol. The van der Waals surface area contributed by atoms with Gasteiger partial charge in [-0.05, 0) is 53.6 Å². The van der Waals surface area contributed by atoms with Gasteiger partial charge in [0.05, 0.1) is 44.3 Å². The highest BCUT2D eigenvalue weighted by Crippen LogP contribution is 2.49. The topological polar surface area (TPSA) is 79.2 Å². The minimum atomic E-state index is 0.549. The fourth-order valence-electron chi connectivity index (χ4n) is 13.2. The van der Waals surface area contributed by atoms with Crippen molar-refractivity contribution in [3.8, 4) is 62.7 Å². The number of benzene rings is 12. The molecule has 0 atom stereocenters. The molecule has 0 aliphatic rings. The lowest BCUT2D eigenvalue weighted by molar-refractivity contribution is 0.953. The largest absolute Gasteiger partial charge is 0.307 e. The van der Waals surface area contributed by atoms with Crippen molar-refractivity contribution in [3.63, 3.8) is 0 Å². The molecule has 0 fully saturated rings. The van der Waals surface area contributed by atoms with Crippen molar-refractivity contribution in [2.24, 2.45) is 0 Å². The maximum atomic E-state index is 5.45. The number of para-hydroxylation sites is 5. The van der Waals surface area contributed by atoms with Crippen LogP contribution in [0.1, 0.15) is 0 Å². The van der Waals surface area contributed by atoms with Gasteiger partial charge in [-0.15, -0.1) is 11.3 Å². The van der Waals surface area contributed by atoms with Crippen LogP contribution in [0.5, 0.6) is 0 Å². The van der Waals surface area contributed by atoms with E-state index in [1.807, 2.05) is 35.6 Å². The summed E-state index contributed by atoms with van der Waals surface area (Å²) in [6.45, 7) is 0. The fourth-order valence-corrected chi connectivity index (χ4v) is 14.5. The normalized spacial score (nSPS) is 12.0. The zero-order valence-electron chi connectivity index (χ0n) is 44.9. The molecule has 6 aromatic heterocycles. The number of aromatic nitrogens is 8. The van der Waals surface area contributed by atoms with Gasteiger partial charge in [0, 0.05) is 91.0 Å². The molecule has 0 saturated carbocycles. The van der Waals surface area contributed by atoms with Crippen molar-refractivity contribution >= 4 is 119 Å². The molecular formula is C75H44N8S. The molecular weight excluding hydrogens is 1040 g/mol. The molecule has 18 aromatic rings. The number of thiophene rings is 1. The minimum Gasteiger partial charge on any atom is -0.307 e. The standard InChI is InChI=1S/C75H44N8S/c1-4-20-46(21-5-1)67-57-30-12-16-32-60(57)76-74(77-67)82-63-35-19-15-31-58(63)65-66-59-41-40-49(44-64(59)84-71(66)56-29-11-10-28-53(56)68(65)82)45-36-38-48(39-37-45)73-78-72(47-22-6-2-7-23-47)79-75(80-73)83-62-34-18-14-27-52(62)55-43-42-54-51-26-13-17-33-61(51)81(69(54)70(55)83)50-24-8-3-9-25-50/h1-44H. The minimum absolute atomic E-state index is 0.549. The molecule has 0 N–H and O–H groups in total. The molecule has 84 heavy (non-hydrogen) atoms. The quantitative estimate of drug-likeness (QED) is 0.159. The Morgan fingerprint density at radius 1 is 0.274 bits per heavy atom. The van der Waals surface area contributed by atoms with Crippen LogP contribution in [-0.2, 0) is 0 Å². The molecule has 6 heterocycles. The molecule has 0 spiro atoms. The lowest BCUT2D eigenvalue weighted by Crippen LogP contribution is -2.07. The molecule has 0 radical (unpaired) electrons. The van der Waals surface area contributed by atoms with Crippen LogP contribution in [0.3, 0.4) is 0 Å². The van der Waals surface area contributed by atoms with Gasteiger partial charge in [0.2, 0.25) is 11.9 Å². The SMILES string of the molecule is c1ccc(-c2nc(-c3ccc(-c4ccc5c(c4)sc4c6ccccc6c6c(c7ccccc7n6-c6nc(-c7ccccc7)c7ccccc7n6)c54)cc3)nc(-n3c4ccccc4c4ccc5c6ccccc6n(-c6ccccc6)c5c43)n2)cc1. The Morgan fingerprint density at radius 2 is 0.738 bits per heavy atom. The van der Waals surface area contributed by atoms with Gasteiger partial charge in [-0.3, -0.25) is 9.13 Å². The summed E-state index contributed by atoms with van der Waals surface area (Å²) in [5.74, 6) is 2.39. The Morgan fingerprint density at radius 3 is 1.43 bits per heavy atom. The predicted molar refractivity (Wildman–Crippen MR) is 348 cm³/mol. The second-order valence-corrected chi connectivity index (χ2v) is 22.6. The first kappa shape index (κ1) is 46.6. The molecule has 0 amide bonds. The van der Waals surface area contributed by atoms with Gasteiger partial charge in [-0.2, -0.15) is 9.97 Å². The Balaban J connectivity index is 0.802. The number of nitrogens with zero attached hydrogens (tertiary/aromatic N) is 8. The van der Waals surface area contributed by atoms with E-state index in [2.05, 4.69) is 256 Å². The summed E-state index contributed by atoms with van der Waals surface area (Å²) < 4.78 is 9.43. The number of hydrogen-bond donors (Lipinski definition) is 0. The van der Waals surface area contributed by atoms with Crippen molar-refractivity contribution in [2.45, 2.75) is 0 Å². The Bertz CT molecular complexity index is 5720. The van der Waals surface area contributed by atoms with Crippen molar-refractivity contribution in [1.29, 1.82) is 0 Å². The van der Waals surface area contributed by atoms with Gasteiger partial charge < -0.3 is 4.57 Å². The van der Waals surface area contributed by atoms with Crippen LogP contribution in [0.4, 0.5) is 0 Å². The van der Waals surface area contributed by atoms with E-state index in [0.717, 1.165) is 105 Å². The first-order chi connectivity index (χ1) is 41.7. The van der Waals surface area contributed by atoms with E-state index >= 15 is 0 Å². The highest BCUT2D eigenvalue weighted by Gasteiger charge is 2.26. The van der Waals surface area contributed by atoms with Crippen molar-refractivity contribution in [3.05, 3.63) is 267 Å². The Labute approximate surface area is 484 Å². The summed E-state index contributed by atoms with van der Waals surface area (Å²) in [6.07, 6.45) is 0. The summed E-state index contributed by atoms with van der Waals surface area (Å²) in [5, 5.41) is 12.8. The third-order valence-electron chi connectivity index (χ3n) is 16.9. The third-order valence-corrected chi connectivity index (χ3v) is 18.1. The molecule has 0 bridgehead atoms. The molecule has 0 aliphatic heterocycles. The van der Waals surface area contributed by atoms with E-state index in [1.54, 1.807) is 0 Å². The van der Waals surface area contributed by atoms with Gasteiger partial charge in [0.15, 0.2) is 11.6 Å². The first-order valence-corrected chi connectivity index (χ1v) is 29.1. The average Bonchev–Trinajstić information content (AvgIpc) is 3.16. The highest BCUT2D eigenvalue weighted by atomic mass is 32.1. The van der Waals surface area contributed by atoms with Gasteiger partial charge >= 0.3 is 0 Å². The summed E-state index contributed by atoms with van der Waals surface area (Å²) in [5.41, 5.74) is 14.4. The van der Waals surface area contributed by atoms with Crippen molar-refractivity contribution < 1.29 is 0 Å². The van der Waals surface area contributed by atoms with Crippen molar-refractivity contribution in [1.82, 2.24) is 38.6 Å². The lowest BCUT2D eigenvalue weighted by Gasteiger charge is -2.13. The summed E-state index contributed by atoms with van der Waals surface area (Å²) >= 11 is 1.86. The van der Waals surface area contributed by atoms with Crippen molar-refractivity contribution in [2.75, 3.05) is 0 Å². The molecule has 9 heteroatoms. The third kappa shape index (κ3) is 6.90. The van der Waals surface area contributed by atoms with E-state index in [0.29, 0.717) is 23.5 Å². The molecule has 0 unspecified atom stereocenters. The lowest BCUT2D eigenvalue weighted by atomic mass is 9.98. The Kier molecular flexibility index (Phi) is 10.1. The molecule has 0 saturated heterocycles. The number of hydrogen-bond acceptors (Lipinski definition) is 6. The van der Waals surface area contributed by atoms with Crippen LogP contribution >= 0.6 is 11.3 Å². The van der Waals surface area contributed by atoms with E-state index in [1.165, 1.54) is 41.7 Å². The van der Waals surface area contributed by atoms with E-state index < -0.39 is 0 Å². The summed E-state index contributed by atoms with van der Waals surface area (Å²) in [6, 6.07) is 94.7. The van der Waals surface area contributed by atoms with E-state index in [4.69, 9.17) is 24.9 Å². The van der Waals surface area contributed by atoms with Gasteiger partial charge in [-0.1, -0.05) is 224 Å². The zero-order valence-corrected chi connectivity index (χ0v) is 45.7. The second kappa shape index (κ2) is 18.2. The predicted octanol–water partition coefficient (Wildman–Crippen LogP) is 19.3. The highest BCUT2D eigenvalue weighted by molar-refractivity contribution is 7.27. The number of fused-ring (bicyclic) bond motifs is 18. The second-order valence-electron chi connectivity index (χ2n) is 21.5.